The van der Waals surface area contributed by atoms with E-state index in [-0.39, 0.29) is 0 Å². The molecule has 0 fully saturated rings. The van der Waals surface area contributed by atoms with Gasteiger partial charge >= 0.3 is 0 Å². The number of hydrogen-bond donors (Lipinski definition) is 0. The fourth-order valence-electron chi connectivity index (χ4n) is 2.76. The van der Waals surface area contributed by atoms with E-state index in [1.165, 1.54) is 16.5 Å². The molecule has 0 unspecified atom stereocenters. The van der Waals surface area contributed by atoms with Gasteiger partial charge < -0.3 is 0 Å². The molecule has 0 amide bonds. The third kappa shape index (κ3) is 2.05. The molecule has 3 aromatic heterocycles. The average molecular weight is 263 g/mol. The van der Waals surface area contributed by atoms with Crippen LogP contribution in [0.5, 0.6) is 0 Å². The molecule has 0 atom stereocenters. The van der Waals surface area contributed by atoms with Gasteiger partial charge in [0.05, 0.1) is 17.4 Å². The van der Waals surface area contributed by atoms with Crippen LogP contribution in [0.4, 0.5) is 0 Å². The summed E-state index contributed by atoms with van der Waals surface area (Å²) < 4.78 is 0. The van der Waals surface area contributed by atoms with Gasteiger partial charge in [0, 0.05) is 29.5 Å². The summed E-state index contributed by atoms with van der Waals surface area (Å²) in [4.78, 5) is 13.1. The van der Waals surface area contributed by atoms with Crippen LogP contribution in [0.15, 0.2) is 43.0 Å². The van der Waals surface area contributed by atoms with Gasteiger partial charge in [0.15, 0.2) is 0 Å². The Kier molecular flexibility index (Phi) is 3.42. The number of fused-ring (bicyclic) bond motifs is 1. The Morgan fingerprint density at radius 1 is 0.850 bits per heavy atom. The highest BCUT2D eigenvalue weighted by Crippen LogP contribution is 2.30. The monoisotopic (exact) mass is 263 g/mol. The maximum absolute atomic E-state index is 4.83. The molecule has 3 heteroatoms. The zero-order valence-electron chi connectivity index (χ0n) is 11.8. The molecule has 3 aromatic rings. The molecule has 0 saturated carbocycles. The lowest BCUT2D eigenvalue weighted by molar-refractivity contribution is 1.04. The van der Waals surface area contributed by atoms with E-state index in [4.69, 9.17) is 4.98 Å². The highest BCUT2D eigenvalue weighted by Gasteiger charge is 2.13. The Morgan fingerprint density at radius 2 is 1.55 bits per heavy atom. The van der Waals surface area contributed by atoms with E-state index in [1.807, 2.05) is 36.9 Å². The van der Waals surface area contributed by atoms with Gasteiger partial charge in [0.2, 0.25) is 0 Å². The van der Waals surface area contributed by atoms with Gasteiger partial charge in [-0.15, -0.1) is 0 Å². The predicted molar refractivity (Wildman–Crippen MR) is 81.5 cm³/mol. The quantitative estimate of drug-likeness (QED) is 0.721. The van der Waals surface area contributed by atoms with Crippen molar-refractivity contribution in [3.05, 3.63) is 54.1 Å². The molecule has 0 spiro atoms. The van der Waals surface area contributed by atoms with Crippen LogP contribution in [0.1, 0.15) is 25.0 Å². The van der Waals surface area contributed by atoms with Crippen molar-refractivity contribution in [2.45, 2.75) is 26.7 Å². The third-order valence-corrected chi connectivity index (χ3v) is 3.67. The van der Waals surface area contributed by atoms with Crippen LogP contribution in [0.25, 0.3) is 22.2 Å². The average Bonchev–Trinajstić information content (AvgIpc) is 2.53. The lowest BCUT2D eigenvalue weighted by Crippen LogP contribution is -2.00. The van der Waals surface area contributed by atoms with Crippen LogP contribution in [-0.2, 0) is 12.8 Å². The molecular weight excluding hydrogens is 246 g/mol. The topological polar surface area (TPSA) is 38.7 Å². The van der Waals surface area contributed by atoms with Crippen molar-refractivity contribution in [2.24, 2.45) is 0 Å². The number of aryl methyl sites for hydroxylation is 1. The normalized spacial score (nSPS) is 10.9. The molecule has 0 aliphatic rings. The van der Waals surface area contributed by atoms with Crippen molar-refractivity contribution in [2.75, 3.05) is 0 Å². The van der Waals surface area contributed by atoms with E-state index in [0.717, 1.165) is 29.6 Å². The predicted octanol–water partition coefficient (Wildman–Crippen LogP) is 3.82. The minimum atomic E-state index is 0.966. The van der Waals surface area contributed by atoms with Crippen molar-refractivity contribution in [3.63, 3.8) is 0 Å². The molecule has 0 aromatic carbocycles. The maximum Gasteiger partial charge on any atom is 0.0895 e. The molecule has 0 aliphatic heterocycles. The van der Waals surface area contributed by atoms with Gasteiger partial charge in [0.25, 0.3) is 0 Å². The number of nitrogens with zero attached hydrogens (tertiary/aromatic N) is 3. The van der Waals surface area contributed by atoms with Gasteiger partial charge in [-0.2, -0.15) is 0 Å². The zero-order valence-corrected chi connectivity index (χ0v) is 11.8. The zero-order chi connectivity index (χ0) is 13.9. The van der Waals surface area contributed by atoms with Crippen molar-refractivity contribution in [3.8, 4) is 11.3 Å². The van der Waals surface area contributed by atoms with Crippen LogP contribution in [0.2, 0.25) is 0 Å². The standard InChI is InChI=1S/C17H17N3/c1-3-13-14(4-2)17(12-5-8-18-9-6-12)20-16-11-19-10-7-15(13)16/h5-11H,3-4H2,1-2H3. The summed E-state index contributed by atoms with van der Waals surface area (Å²) >= 11 is 0. The Balaban J connectivity index is 2.37. The molecule has 3 nitrogen and oxygen atoms in total. The van der Waals surface area contributed by atoms with E-state index >= 15 is 0 Å². The molecule has 0 bridgehead atoms. The number of rotatable bonds is 3. The Bertz CT molecular complexity index is 736. The van der Waals surface area contributed by atoms with Crippen LogP contribution in [-0.4, -0.2) is 15.0 Å². The molecule has 100 valence electrons. The van der Waals surface area contributed by atoms with Crippen molar-refractivity contribution < 1.29 is 0 Å². The largest absolute Gasteiger partial charge is 0.265 e. The minimum Gasteiger partial charge on any atom is -0.265 e. The molecule has 0 N–H and O–H groups in total. The first-order chi connectivity index (χ1) is 9.85. The lowest BCUT2D eigenvalue weighted by atomic mass is 9.94. The van der Waals surface area contributed by atoms with E-state index < -0.39 is 0 Å². The molecule has 0 radical (unpaired) electrons. The Morgan fingerprint density at radius 3 is 2.25 bits per heavy atom. The van der Waals surface area contributed by atoms with Crippen LogP contribution >= 0.6 is 0 Å². The van der Waals surface area contributed by atoms with Gasteiger partial charge in [-0.05, 0) is 42.2 Å². The highest BCUT2D eigenvalue weighted by atomic mass is 14.7. The summed E-state index contributed by atoms with van der Waals surface area (Å²) in [5.41, 5.74) is 5.86. The van der Waals surface area contributed by atoms with E-state index in [2.05, 4.69) is 29.9 Å². The number of pyridine rings is 3. The molecule has 0 aliphatic carbocycles. The summed E-state index contributed by atoms with van der Waals surface area (Å²) in [5.74, 6) is 0. The second-order valence-electron chi connectivity index (χ2n) is 4.75. The van der Waals surface area contributed by atoms with Gasteiger partial charge in [0.1, 0.15) is 0 Å². The Labute approximate surface area is 118 Å². The summed E-state index contributed by atoms with van der Waals surface area (Å²) in [6.45, 7) is 4.39. The summed E-state index contributed by atoms with van der Waals surface area (Å²) in [5, 5.41) is 1.22. The smallest absolute Gasteiger partial charge is 0.0895 e. The SMILES string of the molecule is CCc1c(-c2ccncc2)nc2cnccc2c1CC. The minimum absolute atomic E-state index is 0.966. The van der Waals surface area contributed by atoms with Gasteiger partial charge in [-0.1, -0.05) is 13.8 Å². The fourth-order valence-corrected chi connectivity index (χ4v) is 2.76. The first-order valence-corrected chi connectivity index (χ1v) is 7.01. The summed E-state index contributed by atoms with van der Waals surface area (Å²) in [6.07, 6.45) is 9.30. The van der Waals surface area contributed by atoms with Crippen LogP contribution in [0.3, 0.4) is 0 Å². The molecule has 20 heavy (non-hydrogen) atoms. The summed E-state index contributed by atoms with van der Waals surface area (Å²) in [7, 11) is 0. The molecular formula is C17H17N3. The molecule has 0 saturated heterocycles. The summed E-state index contributed by atoms with van der Waals surface area (Å²) in [6, 6.07) is 6.10. The fraction of sp³-hybridized carbons (Fsp3) is 0.235. The maximum atomic E-state index is 4.83. The van der Waals surface area contributed by atoms with Crippen molar-refractivity contribution in [1.82, 2.24) is 15.0 Å². The van der Waals surface area contributed by atoms with Crippen LogP contribution in [0, 0.1) is 0 Å². The van der Waals surface area contributed by atoms with E-state index in [1.54, 1.807) is 0 Å². The van der Waals surface area contributed by atoms with E-state index in [0.29, 0.717) is 0 Å². The number of aromatic nitrogens is 3. The second kappa shape index (κ2) is 5.37. The Hall–Kier alpha value is -2.29. The van der Waals surface area contributed by atoms with E-state index in [9.17, 15) is 0 Å². The molecule has 3 heterocycles. The molecule has 3 rings (SSSR count). The van der Waals surface area contributed by atoms with Gasteiger partial charge in [-0.25, -0.2) is 4.98 Å². The first kappa shape index (κ1) is 12.7. The van der Waals surface area contributed by atoms with Crippen molar-refractivity contribution >= 4 is 10.9 Å². The van der Waals surface area contributed by atoms with Crippen molar-refractivity contribution in [1.29, 1.82) is 0 Å². The first-order valence-electron chi connectivity index (χ1n) is 7.01. The number of hydrogen-bond acceptors (Lipinski definition) is 3. The third-order valence-electron chi connectivity index (χ3n) is 3.67. The van der Waals surface area contributed by atoms with Crippen LogP contribution < -0.4 is 0 Å². The highest BCUT2D eigenvalue weighted by molar-refractivity contribution is 5.86. The van der Waals surface area contributed by atoms with Gasteiger partial charge in [-0.3, -0.25) is 9.97 Å². The second-order valence-corrected chi connectivity index (χ2v) is 4.75. The lowest BCUT2D eigenvalue weighted by Gasteiger charge is -2.15.